The van der Waals surface area contributed by atoms with Gasteiger partial charge >= 0.3 is 0 Å². The molecule has 1 aromatic heterocycles. The van der Waals surface area contributed by atoms with E-state index in [2.05, 4.69) is 10.3 Å². The van der Waals surface area contributed by atoms with Crippen LogP contribution in [0.1, 0.15) is 25.0 Å². The fourth-order valence-corrected chi connectivity index (χ4v) is 1.82. The van der Waals surface area contributed by atoms with Crippen LogP contribution in [0.15, 0.2) is 42.6 Å². The molecule has 0 aliphatic carbocycles. The van der Waals surface area contributed by atoms with Crippen LogP contribution in [0.5, 0.6) is 5.75 Å². The Balaban J connectivity index is 2.02. The van der Waals surface area contributed by atoms with E-state index in [4.69, 9.17) is 9.84 Å². The number of aliphatic hydroxyl groups excluding tert-OH is 1. The largest absolute Gasteiger partial charge is 0.487 e. The number of hydrogen-bond donors (Lipinski definition) is 2. The predicted molar refractivity (Wildman–Crippen MR) is 79.7 cm³/mol. The van der Waals surface area contributed by atoms with Gasteiger partial charge in [-0.2, -0.15) is 0 Å². The van der Waals surface area contributed by atoms with Gasteiger partial charge in [-0.15, -0.1) is 0 Å². The predicted octanol–water partition coefficient (Wildman–Crippen LogP) is 2.97. The van der Waals surface area contributed by atoms with Crippen LogP contribution in [0.3, 0.4) is 0 Å². The fourth-order valence-electron chi connectivity index (χ4n) is 1.82. The molecule has 0 atom stereocenters. The molecule has 0 aliphatic rings. The van der Waals surface area contributed by atoms with Gasteiger partial charge < -0.3 is 15.2 Å². The van der Waals surface area contributed by atoms with Crippen molar-refractivity contribution in [2.45, 2.75) is 33.1 Å². The second-order valence-electron chi connectivity index (χ2n) is 4.84. The van der Waals surface area contributed by atoms with Crippen LogP contribution >= 0.6 is 0 Å². The zero-order valence-corrected chi connectivity index (χ0v) is 11.8. The highest BCUT2D eigenvalue weighted by Crippen LogP contribution is 2.22. The van der Waals surface area contributed by atoms with Gasteiger partial charge in [-0.05, 0) is 37.1 Å². The summed E-state index contributed by atoms with van der Waals surface area (Å²) < 4.78 is 5.71. The van der Waals surface area contributed by atoms with Gasteiger partial charge in [0.15, 0.2) is 11.6 Å². The quantitative estimate of drug-likeness (QED) is 0.849. The summed E-state index contributed by atoms with van der Waals surface area (Å²) in [4.78, 5) is 4.30. The molecule has 2 N–H and O–H groups in total. The van der Waals surface area contributed by atoms with E-state index in [1.807, 2.05) is 50.2 Å². The average Bonchev–Trinajstić information content (AvgIpc) is 2.46. The topological polar surface area (TPSA) is 54.4 Å². The Morgan fingerprint density at radius 2 is 1.85 bits per heavy atom. The monoisotopic (exact) mass is 272 g/mol. The van der Waals surface area contributed by atoms with Crippen LogP contribution < -0.4 is 10.1 Å². The first-order valence-electron chi connectivity index (χ1n) is 6.73. The molecule has 2 rings (SSSR count). The summed E-state index contributed by atoms with van der Waals surface area (Å²) in [6.45, 7) is 4.71. The van der Waals surface area contributed by atoms with Crippen molar-refractivity contribution in [3.05, 3.63) is 53.7 Å². The molecule has 0 aliphatic heterocycles. The van der Waals surface area contributed by atoms with Crippen LogP contribution in [0.25, 0.3) is 0 Å². The number of aromatic nitrogens is 1. The number of anilines is 1. The van der Waals surface area contributed by atoms with E-state index in [-0.39, 0.29) is 12.7 Å². The maximum atomic E-state index is 9.01. The van der Waals surface area contributed by atoms with Crippen molar-refractivity contribution in [3.63, 3.8) is 0 Å². The standard InChI is InChI=1S/C16H20N2O2/c1-12(2)20-15-4-3-9-17-16(15)18-10-13-5-7-14(11-19)8-6-13/h3-9,12,19H,10-11H2,1-2H3,(H,17,18). The summed E-state index contributed by atoms with van der Waals surface area (Å²) >= 11 is 0. The van der Waals surface area contributed by atoms with Crippen molar-refractivity contribution in [1.82, 2.24) is 4.98 Å². The second kappa shape index (κ2) is 6.91. The lowest BCUT2D eigenvalue weighted by Crippen LogP contribution is -2.09. The molecule has 1 heterocycles. The van der Waals surface area contributed by atoms with Gasteiger partial charge in [-0.1, -0.05) is 24.3 Å². The van der Waals surface area contributed by atoms with E-state index in [0.717, 1.165) is 22.7 Å². The average molecular weight is 272 g/mol. The lowest BCUT2D eigenvalue weighted by molar-refractivity contribution is 0.243. The first kappa shape index (κ1) is 14.3. The van der Waals surface area contributed by atoms with Crippen molar-refractivity contribution in [2.75, 3.05) is 5.32 Å². The molecule has 0 saturated carbocycles. The summed E-state index contributed by atoms with van der Waals surface area (Å²) in [5.74, 6) is 1.50. The van der Waals surface area contributed by atoms with E-state index in [9.17, 15) is 0 Å². The first-order chi connectivity index (χ1) is 9.69. The van der Waals surface area contributed by atoms with Crippen molar-refractivity contribution in [3.8, 4) is 5.75 Å². The number of pyridine rings is 1. The number of nitrogens with zero attached hydrogens (tertiary/aromatic N) is 1. The number of hydrogen-bond acceptors (Lipinski definition) is 4. The molecular weight excluding hydrogens is 252 g/mol. The maximum absolute atomic E-state index is 9.01. The Morgan fingerprint density at radius 3 is 2.50 bits per heavy atom. The lowest BCUT2D eigenvalue weighted by Gasteiger charge is -2.14. The van der Waals surface area contributed by atoms with E-state index in [0.29, 0.717) is 6.54 Å². The van der Waals surface area contributed by atoms with Gasteiger partial charge in [0.25, 0.3) is 0 Å². The number of ether oxygens (including phenoxy) is 1. The second-order valence-corrected chi connectivity index (χ2v) is 4.84. The molecule has 0 bridgehead atoms. The Bertz CT molecular complexity index is 538. The minimum Gasteiger partial charge on any atom is -0.487 e. The van der Waals surface area contributed by atoms with Crippen molar-refractivity contribution in [2.24, 2.45) is 0 Å². The third kappa shape index (κ3) is 3.96. The molecule has 0 radical (unpaired) electrons. The maximum Gasteiger partial charge on any atom is 0.169 e. The number of rotatable bonds is 6. The van der Waals surface area contributed by atoms with Crippen LogP contribution in [0.4, 0.5) is 5.82 Å². The summed E-state index contributed by atoms with van der Waals surface area (Å²) in [5.41, 5.74) is 2.04. The zero-order valence-electron chi connectivity index (χ0n) is 11.8. The highest BCUT2D eigenvalue weighted by molar-refractivity contribution is 5.49. The number of benzene rings is 1. The van der Waals surface area contributed by atoms with Crippen LogP contribution in [0.2, 0.25) is 0 Å². The fraction of sp³-hybridized carbons (Fsp3) is 0.312. The smallest absolute Gasteiger partial charge is 0.169 e. The zero-order chi connectivity index (χ0) is 14.4. The molecule has 4 heteroatoms. The molecule has 2 aromatic rings. The summed E-state index contributed by atoms with van der Waals surface area (Å²) in [5, 5.41) is 12.3. The molecule has 0 spiro atoms. The molecule has 0 amide bonds. The highest BCUT2D eigenvalue weighted by Gasteiger charge is 2.06. The normalized spacial score (nSPS) is 10.6. The highest BCUT2D eigenvalue weighted by atomic mass is 16.5. The summed E-state index contributed by atoms with van der Waals surface area (Å²) in [6, 6.07) is 11.6. The van der Waals surface area contributed by atoms with E-state index in [1.54, 1.807) is 6.20 Å². The van der Waals surface area contributed by atoms with Crippen molar-refractivity contribution in [1.29, 1.82) is 0 Å². The Morgan fingerprint density at radius 1 is 1.15 bits per heavy atom. The molecule has 106 valence electrons. The van der Waals surface area contributed by atoms with Gasteiger partial charge in [-0.3, -0.25) is 0 Å². The van der Waals surface area contributed by atoms with Crippen molar-refractivity contribution >= 4 is 5.82 Å². The van der Waals surface area contributed by atoms with Gasteiger partial charge in [0.05, 0.1) is 12.7 Å². The van der Waals surface area contributed by atoms with E-state index in [1.165, 1.54) is 0 Å². The first-order valence-corrected chi connectivity index (χ1v) is 6.73. The molecule has 20 heavy (non-hydrogen) atoms. The molecule has 0 saturated heterocycles. The van der Waals surface area contributed by atoms with E-state index < -0.39 is 0 Å². The van der Waals surface area contributed by atoms with E-state index >= 15 is 0 Å². The SMILES string of the molecule is CC(C)Oc1cccnc1NCc1ccc(CO)cc1. The lowest BCUT2D eigenvalue weighted by atomic mass is 10.1. The molecular formula is C16H20N2O2. The minimum absolute atomic E-state index is 0.0698. The Hall–Kier alpha value is -2.07. The molecule has 1 aromatic carbocycles. The van der Waals surface area contributed by atoms with Crippen molar-refractivity contribution < 1.29 is 9.84 Å². The third-order valence-corrected chi connectivity index (χ3v) is 2.80. The Kier molecular flexibility index (Phi) is 4.96. The summed E-state index contributed by atoms with van der Waals surface area (Å²) in [6.07, 6.45) is 1.85. The third-order valence-electron chi connectivity index (χ3n) is 2.80. The molecule has 4 nitrogen and oxygen atoms in total. The van der Waals surface area contributed by atoms with Crippen LogP contribution in [-0.2, 0) is 13.2 Å². The van der Waals surface area contributed by atoms with Gasteiger partial charge in [-0.25, -0.2) is 4.98 Å². The van der Waals surface area contributed by atoms with Gasteiger partial charge in [0, 0.05) is 12.7 Å². The number of aliphatic hydroxyl groups is 1. The van der Waals surface area contributed by atoms with Gasteiger partial charge in [0.2, 0.25) is 0 Å². The molecule has 0 fully saturated rings. The minimum atomic E-state index is 0.0698. The summed E-state index contributed by atoms with van der Waals surface area (Å²) in [7, 11) is 0. The molecule has 0 unspecified atom stereocenters. The van der Waals surface area contributed by atoms with Crippen LogP contribution in [-0.4, -0.2) is 16.2 Å². The van der Waals surface area contributed by atoms with Crippen LogP contribution in [0, 0.1) is 0 Å². The van der Waals surface area contributed by atoms with Gasteiger partial charge in [0.1, 0.15) is 0 Å². The number of nitrogens with one attached hydrogen (secondary N) is 1. The Labute approximate surface area is 119 Å².